The fraction of sp³-hybridized carbons (Fsp3) is 0.804. The summed E-state index contributed by atoms with van der Waals surface area (Å²) in [6, 6.07) is 0. The normalized spacial score (nSPS) is 12.4. The number of allylic oxidation sites excluding steroid dienone is 8. The molecule has 6 nitrogen and oxygen atoms in total. The lowest BCUT2D eigenvalue weighted by molar-refractivity contribution is -0.167. The van der Waals surface area contributed by atoms with E-state index in [2.05, 4.69) is 69.4 Å². The molecule has 0 bridgehead atoms. The first-order valence-electron chi connectivity index (χ1n) is 26.6. The van der Waals surface area contributed by atoms with Crippen molar-refractivity contribution in [1.29, 1.82) is 0 Å². The van der Waals surface area contributed by atoms with E-state index >= 15 is 0 Å². The molecule has 0 aliphatic heterocycles. The van der Waals surface area contributed by atoms with Crippen molar-refractivity contribution in [3.05, 3.63) is 48.6 Å². The Bertz CT molecular complexity index is 1090. The fourth-order valence-electron chi connectivity index (χ4n) is 7.51. The third-order valence-electron chi connectivity index (χ3n) is 11.6. The maximum Gasteiger partial charge on any atom is 0.306 e. The molecule has 6 heteroatoms. The second-order valence-corrected chi connectivity index (χ2v) is 17.8. The molecule has 0 aromatic rings. The standard InChI is InChI=1S/C56H100O6/c1-4-7-10-13-16-19-22-24-26-28-30-31-34-37-40-43-46-49-55(58)61-52-53(51-60-54(57)48-45-42-39-36-33-21-18-15-12-9-6-3)62-56(59)50-47-44-41-38-35-32-29-27-25-23-20-17-14-11-8-5-2/h24,26-27,29-31,37,40,53H,4-23,25,28,32-36,38-39,41-52H2,1-3H3/b26-24-,29-27-,31-30-,40-37-. The number of unbranched alkanes of at least 4 members (excludes halogenated alkanes) is 29. The van der Waals surface area contributed by atoms with E-state index in [0.29, 0.717) is 19.3 Å². The summed E-state index contributed by atoms with van der Waals surface area (Å²) in [5.41, 5.74) is 0. The number of carbonyl (C=O) groups is 3. The highest BCUT2D eigenvalue weighted by molar-refractivity contribution is 5.71. The SMILES string of the molecule is CCCCCCCC/C=C\C/C=C\C/C=C\CCCC(=O)OCC(COC(=O)CCCCCCCCCCCCC)OC(=O)CCCCCCC/C=C\CCCCCCCCC. The van der Waals surface area contributed by atoms with Gasteiger partial charge in [-0.25, -0.2) is 0 Å². The molecule has 0 aliphatic carbocycles. The van der Waals surface area contributed by atoms with E-state index in [1.54, 1.807) is 0 Å². The van der Waals surface area contributed by atoms with Crippen LogP contribution in [0.15, 0.2) is 48.6 Å². The summed E-state index contributed by atoms with van der Waals surface area (Å²) in [7, 11) is 0. The summed E-state index contributed by atoms with van der Waals surface area (Å²) < 4.78 is 16.8. The lowest BCUT2D eigenvalue weighted by Gasteiger charge is -2.18. The van der Waals surface area contributed by atoms with Gasteiger partial charge in [-0.2, -0.15) is 0 Å². The topological polar surface area (TPSA) is 78.9 Å². The van der Waals surface area contributed by atoms with Gasteiger partial charge in [0.1, 0.15) is 13.2 Å². The van der Waals surface area contributed by atoms with Crippen molar-refractivity contribution >= 4 is 17.9 Å². The van der Waals surface area contributed by atoms with E-state index in [-0.39, 0.29) is 37.5 Å². The van der Waals surface area contributed by atoms with Crippen LogP contribution in [-0.2, 0) is 28.6 Å². The fourth-order valence-corrected chi connectivity index (χ4v) is 7.51. The van der Waals surface area contributed by atoms with Gasteiger partial charge in [0.05, 0.1) is 0 Å². The Morgan fingerprint density at radius 2 is 0.597 bits per heavy atom. The lowest BCUT2D eigenvalue weighted by Crippen LogP contribution is -2.30. The summed E-state index contributed by atoms with van der Waals surface area (Å²) in [5.74, 6) is -0.946. The Morgan fingerprint density at radius 3 is 0.984 bits per heavy atom. The molecule has 62 heavy (non-hydrogen) atoms. The Balaban J connectivity index is 4.43. The van der Waals surface area contributed by atoms with Crippen LogP contribution >= 0.6 is 0 Å². The van der Waals surface area contributed by atoms with Crippen molar-refractivity contribution in [1.82, 2.24) is 0 Å². The van der Waals surface area contributed by atoms with Crippen molar-refractivity contribution in [3.63, 3.8) is 0 Å². The van der Waals surface area contributed by atoms with E-state index in [1.165, 1.54) is 154 Å². The predicted octanol–water partition coefficient (Wildman–Crippen LogP) is 17.5. The van der Waals surface area contributed by atoms with Gasteiger partial charge in [-0.05, 0) is 77.0 Å². The highest BCUT2D eigenvalue weighted by Gasteiger charge is 2.19. The number of hydrogen-bond acceptors (Lipinski definition) is 6. The van der Waals surface area contributed by atoms with Gasteiger partial charge in [-0.1, -0.05) is 223 Å². The van der Waals surface area contributed by atoms with E-state index in [1.807, 2.05) is 0 Å². The Morgan fingerprint density at radius 1 is 0.323 bits per heavy atom. The number of esters is 3. The van der Waals surface area contributed by atoms with Gasteiger partial charge in [0, 0.05) is 19.3 Å². The third-order valence-corrected chi connectivity index (χ3v) is 11.6. The van der Waals surface area contributed by atoms with Crippen LogP contribution in [-0.4, -0.2) is 37.2 Å². The van der Waals surface area contributed by atoms with Crippen molar-refractivity contribution in [3.8, 4) is 0 Å². The molecule has 360 valence electrons. The van der Waals surface area contributed by atoms with Crippen molar-refractivity contribution < 1.29 is 28.6 Å². The molecule has 0 N–H and O–H groups in total. The second-order valence-electron chi connectivity index (χ2n) is 17.8. The molecule has 0 heterocycles. The van der Waals surface area contributed by atoms with Crippen LogP contribution in [0.5, 0.6) is 0 Å². The summed E-state index contributed by atoms with van der Waals surface area (Å²) in [6.45, 7) is 6.59. The first kappa shape index (κ1) is 59.4. The number of ether oxygens (including phenoxy) is 3. The monoisotopic (exact) mass is 869 g/mol. The van der Waals surface area contributed by atoms with Crippen LogP contribution in [0.25, 0.3) is 0 Å². The summed E-state index contributed by atoms with van der Waals surface area (Å²) in [6.07, 6.45) is 61.0. The zero-order valence-corrected chi connectivity index (χ0v) is 41.1. The van der Waals surface area contributed by atoms with Crippen LogP contribution in [0.1, 0.15) is 271 Å². The van der Waals surface area contributed by atoms with Crippen LogP contribution in [0.2, 0.25) is 0 Å². The average molecular weight is 869 g/mol. The molecule has 0 fully saturated rings. The quantitative estimate of drug-likeness (QED) is 0.0262. The molecule has 1 atom stereocenters. The van der Waals surface area contributed by atoms with Gasteiger partial charge in [0.15, 0.2) is 6.10 Å². The van der Waals surface area contributed by atoms with Crippen molar-refractivity contribution in [2.75, 3.05) is 13.2 Å². The molecule has 0 spiro atoms. The molecular formula is C56H100O6. The highest BCUT2D eigenvalue weighted by atomic mass is 16.6. The second kappa shape index (κ2) is 51.0. The average Bonchev–Trinajstić information content (AvgIpc) is 3.27. The molecule has 0 aromatic carbocycles. The summed E-state index contributed by atoms with van der Waals surface area (Å²) in [5, 5.41) is 0. The van der Waals surface area contributed by atoms with E-state index in [9.17, 15) is 14.4 Å². The van der Waals surface area contributed by atoms with Crippen molar-refractivity contribution in [2.24, 2.45) is 0 Å². The largest absolute Gasteiger partial charge is 0.462 e. The maximum absolute atomic E-state index is 12.8. The minimum atomic E-state index is -0.794. The first-order chi connectivity index (χ1) is 30.5. The van der Waals surface area contributed by atoms with Crippen LogP contribution in [0.4, 0.5) is 0 Å². The van der Waals surface area contributed by atoms with Gasteiger partial charge < -0.3 is 14.2 Å². The third kappa shape index (κ3) is 48.4. The van der Waals surface area contributed by atoms with Gasteiger partial charge in [-0.15, -0.1) is 0 Å². The first-order valence-corrected chi connectivity index (χ1v) is 26.6. The van der Waals surface area contributed by atoms with Crippen LogP contribution in [0.3, 0.4) is 0 Å². The van der Waals surface area contributed by atoms with Gasteiger partial charge in [0.2, 0.25) is 0 Å². The molecule has 0 radical (unpaired) electrons. The minimum Gasteiger partial charge on any atom is -0.462 e. The molecule has 0 saturated carbocycles. The number of hydrogen-bond donors (Lipinski definition) is 0. The lowest BCUT2D eigenvalue weighted by atomic mass is 10.1. The molecule has 0 amide bonds. The van der Waals surface area contributed by atoms with Crippen molar-refractivity contribution in [2.45, 2.75) is 277 Å². The Hall–Kier alpha value is -2.63. The molecule has 0 rings (SSSR count). The molecule has 0 aromatic heterocycles. The molecule has 0 aliphatic rings. The van der Waals surface area contributed by atoms with Crippen LogP contribution in [0, 0.1) is 0 Å². The minimum absolute atomic E-state index is 0.0897. The molecule has 0 saturated heterocycles. The maximum atomic E-state index is 12.8. The smallest absolute Gasteiger partial charge is 0.306 e. The number of rotatable bonds is 48. The van der Waals surface area contributed by atoms with E-state index in [0.717, 1.165) is 70.6 Å². The number of carbonyl (C=O) groups excluding carboxylic acids is 3. The van der Waals surface area contributed by atoms with Gasteiger partial charge in [-0.3, -0.25) is 14.4 Å². The van der Waals surface area contributed by atoms with Gasteiger partial charge in [0.25, 0.3) is 0 Å². The summed E-state index contributed by atoms with van der Waals surface area (Å²) in [4.78, 5) is 37.9. The summed E-state index contributed by atoms with van der Waals surface area (Å²) >= 11 is 0. The van der Waals surface area contributed by atoms with Crippen LogP contribution < -0.4 is 0 Å². The molecular weight excluding hydrogens is 769 g/mol. The Labute approximate surface area is 384 Å². The van der Waals surface area contributed by atoms with E-state index in [4.69, 9.17) is 14.2 Å². The zero-order chi connectivity index (χ0) is 45.1. The Kier molecular flexibility index (Phi) is 48.8. The van der Waals surface area contributed by atoms with E-state index < -0.39 is 6.10 Å². The highest BCUT2D eigenvalue weighted by Crippen LogP contribution is 2.15. The van der Waals surface area contributed by atoms with Gasteiger partial charge >= 0.3 is 17.9 Å². The molecule has 1 unspecified atom stereocenters. The zero-order valence-electron chi connectivity index (χ0n) is 41.1. The predicted molar refractivity (Wildman–Crippen MR) is 265 cm³/mol.